The van der Waals surface area contributed by atoms with Crippen molar-refractivity contribution in [3.8, 4) is 11.5 Å². The van der Waals surface area contributed by atoms with Crippen LogP contribution in [0.1, 0.15) is 15.9 Å². The molecular weight excluding hydrogens is 267 g/mol. The van der Waals surface area contributed by atoms with Gasteiger partial charge in [-0.15, -0.1) is 23.2 Å². The first-order chi connectivity index (χ1) is 7.99. The van der Waals surface area contributed by atoms with E-state index in [1.54, 1.807) is 6.07 Å². The Morgan fingerprint density at radius 1 is 1.29 bits per heavy atom. The van der Waals surface area contributed by atoms with E-state index in [1.807, 2.05) is 0 Å². The van der Waals surface area contributed by atoms with E-state index in [0.29, 0.717) is 17.1 Å². The van der Waals surface area contributed by atoms with Crippen molar-refractivity contribution in [2.75, 3.05) is 14.2 Å². The van der Waals surface area contributed by atoms with E-state index >= 15 is 0 Å². The number of halogens is 2. The molecule has 1 aromatic rings. The molecule has 1 rings (SSSR count). The van der Waals surface area contributed by atoms with Gasteiger partial charge in [0.25, 0.3) is 0 Å². The van der Waals surface area contributed by atoms with Gasteiger partial charge in [-0.1, -0.05) is 0 Å². The summed E-state index contributed by atoms with van der Waals surface area (Å²) in [6.45, 7) is 0. The molecule has 1 aromatic carbocycles. The highest BCUT2D eigenvalue weighted by molar-refractivity contribution is 6.44. The van der Waals surface area contributed by atoms with Crippen molar-refractivity contribution < 1.29 is 19.4 Å². The van der Waals surface area contributed by atoms with Crippen LogP contribution in [0.25, 0.3) is 0 Å². The smallest absolute Gasteiger partial charge is 0.336 e. The maximum atomic E-state index is 11.1. The van der Waals surface area contributed by atoms with Crippen LogP contribution in [0.5, 0.6) is 11.5 Å². The Morgan fingerprint density at radius 3 is 2.24 bits per heavy atom. The predicted molar refractivity (Wildman–Crippen MR) is 65.7 cm³/mol. The molecule has 0 aliphatic rings. The van der Waals surface area contributed by atoms with E-state index < -0.39 is 10.8 Å². The molecule has 0 aliphatic heterocycles. The van der Waals surface area contributed by atoms with Crippen molar-refractivity contribution in [1.29, 1.82) is 0 Å². The van der Waals surface area contributed by atoms with Crippen LogP contribution in [0.15, 0.2) is 12.1 Å². The first kappa shape index (κ1) is 13.9. The molecule has 0 heterocycles. The number of carbonyl (C=O) groups is 1. The number of carboxylic acid groups (broad SMARTS) is 1. The molecular formula is C11H12Cl2O4. The van der Waals surface area contributed by atoms with Crippen LogP contribution in [0.2, 0.25) is 0 Å². The van der Waals surface area contributed by atoms with E-state index in [0.717, 1.165) is 0 Å². The second-order valence-corrected chi connectivity index (χ2v) is 4.54. The Morgan fingerprint density at radius 2 is 1.82 bits per heavy atom. The van der Waals surface area contributed by atoms with Crippen LogP contribution in [-0.2, 0) is 6.42 Å². The van der Waals surface area contributed by atoms with E-state index in [9.17, 15) is 4.79 Å². The highest BCUT2D eigenvalue weighted by Gasteiger charge is 2.17. The van der Waals surface area contributed by atoms with E-state index in [-0.39, 0.29) is 12.0 Å². The number of rotatable bonds is 5. The molecule has 0 amide bonds. The van der Waals surface area contributed by atoms with Crippen LogP contribution in [0, 0.1) is 0 Å². The topological polar surface area (TPSA) is 55.8 Å². The minimum Gasteiger partial charge on any atom is -0.493 e. The summed E-state index contributed by atoms with van der Waals surface area (Å²) >= 11 is 11.3. The molecule has 0 saturated heterocycles. The maximum Gasteiger partial charge on any atom is 0.336 e. The monoisotopic (exact) mass is 278 g/mol. The molecule has 4 nitrogen and oxygen atoms in total. The third-order valence-electron chi connectivity index (χ3n) is 2.21. The fourth-order valence-electron chi connectivity index (χ4n) is 1.46. The first-order valence-corrected chi connectivity index (χ1v) is 5.63. The molecule has 0 aliphatic carbocycles. The molecule has 0 fully saturated rings. The van der Waals surface area contributed by atoms with Gasteiger partial charge in [-0.25, -0.2) is 4.79 Å². The minimum absolute atomic E-state index is 0.106. The summed E-state index contributed by atoms with van der Waals surface area (Å²) in [4.78, 5) is 10.4. The Labute approximate surface area is 109 Å². The van der Waals surface area contributed by atoms with E-state index in [1.165, 1.54) is 20.3 Å². The Bertz CT molecular complexity index is 418. The summed E-state index contributed by atoms with van der Waals surface area (Å²) in [6.07, 6.45) is 0.227. The number of methoxy groups -OCH3 is 2. The molecule has 94 valence electrons. The summed E-state index contributed by atoms with van der Waals surface area (Å²) in [7, 11) is 2.91. The number of hydrogen-bond acceptors (Lipinski definition) is 3. The molecule has 17 heavy (non-hydrogen) atoms. The highest BCUT2D eigenvalue weighted by Crippen LogP contribution is 2.31. The van der Waals surface area contributed by atoms with Crippen molar-refractivity contribution in [2.45, 2.75) is 11.3 Å². The second-order valence-electron chi connectivity index (χ2n) is 3.26. The molecule has 0 radical (unpaired) electrons. The third kappa shape index (κ3) is 3.41. The van der Waals surface area contributed by atoms with Crippen LogP contribution in [-0.4, -0.2) is 30.1 Å². The minimum atomic E-state index is -1.06. The van der Waals surface area contributed by atoms with Crippen molar-refractivity contribution in [1.82, 2.24) is 0 Å². The molecule has 0 saturated carbocycles. The average molecular weight is 279 g/mol. The van der Waals surface area contributed by atoms with Crippen molar-refractivity contribution in [3.63, 3.8) is 0 Å². The summed E-state index contributed by atoms with van der Waals surface area (Å²) < 4.78 is 10.1. The third-order valence-corrected chi connectivity index (χ3v) is 2.52. The lowest BCUT2D eigenvalue weighted by molar-refractivity contribution is 0.0695. The lowest BCUT2D eigenvalue weighted by Crippen LogP contribution is -2.07. The molecule has 0 unspecified atom stereocenters. The van der Waals surface area contributed by atoms with Gasteiger partial charge in [0.05, 0.1) is 19.8 Å². The molecule has 0 spiro atoms. The Kier molecular flexibility index (Phi) is 4.90. The number of alkyl halides is 2. The van der Waals surface area contributed by atoms with Gasteiger partial charge in [0, 0.05) is 6.42 Å². The second kappa shape index (κ2) is 5.98. The van der Waals surface area contributed by atoms with E-state index in [2.05, 4.69) is 0 Å². The number of ether oxygens (including phenoxy) is 2. The highest BCUT2D eigenvalue weighted by atomic mass is 35.5. The van der Waals surface area contributed by atoms with Gasteiger partial charge >= 0.3 is 5.97 Å². The lowest BCUT2D eigenvalue weighted by atomic mass is 10.0. The molecule has 0 aromatic heterocycles. The van der Waals surface area contributed by atoms with Gasteiger partial charge in [0.1, 0.15) is 4.84 Å². The van der Waals surface area contributed by atoms with Crippen LogP contribution >= 0.6 is 23.2 Å². The quantitative estimate of drug-likeness (QED) is 0.842. The zero-order valence-electron chi connectivity index (χ0n) is 9.37. The van der Waals surface area contributed by atoms with Crippen LogP contribution < -0.4 is 9.47 Å². The SMILES string of the molecule is COc1cc(CC(Cl)Cl)c(C(=O)O)cc1OC. The summed E-state index contributed by atoms with van der Waals surface area (Å²) in [5.74, 6) is -0.259. The van der Waals surface area contributed by atoms with Gasteiger partial charge in [-0.2, -0.15) is 0 Å². The van der Waals surface area contributed by atoms with Gasteiger partial charge < -0.3 is 14.6 Å². The standard InChI is InChI=1S/C11H12Cl2O4/c1-16-8-3-6(4-10(12)13)7(11(14)15)5-9(8)17-2/h3,5,10H,4H2,1-2H3,(H,14,15). The van der Waals surface area contributed by atoms with Gasteiger partial charge in [0.2, 0.25) is 0 Å². The number of benzene rings is 1. The fourth-order valence-corrected chi connectivity index (χ4v) is 1.79. The van der Waals surface area contributed by atoms with Crippen molar-refractivity contribution in [2.24, 2.45) is 0 Å². The van der Waals surface area contributed by atoms with Crippen LogP contribution in [0.4, 0.5) is 0 Å². The van der Waals surface area contributed by atoms with Crippen molar-refractivity contribution in [3.05, 3.63) is 23.3 Å². The number of aromatic carboxylic acids is 1. The predicted octanol–water partition coefficient (Wildman–Crippen LogP) is 2.75. The Hall–Kier alpha value is -1.13. The first-order valence-electron chi connectivity index (χ1n) is 4.76. The van der Waals surface area contributed by atoms with E-state index in [4.69, 9.17) is 37.8 Å². The molecule has 6 heteroatoms. The summed E-state index contributed by atoms with van der Waals surface area (Å²) in [5.41, 5.74) is 0.610. The molecule has 0 atom stereocenters. The largest absolute Gasteiger partial charge is 0.493 e. The number of carboxylic acids is 1. The summed E-state index contributed by atoms with van der Waals surface area (Å²) in [5, 5.41) is 9.08. The fraction of sp³-hybridized carbons (Fsp3) is 0.364. The summed E-state index contributed by atoms with van der Waals surface area (Å²) in [6, 6.07) is 2.96. The zero-order valence-corrected chi connectivity index (χ0v) is 10.9. The molecule has 0 bridgehead atoms. The van der Waals surface area contributed by atoms with Crippen molar-refractivity contribution >= 4 is 29.2 Å². The van der Waals surface area contributed by atoms with Crippen LogP contribution in [0.3, 0.4) is 0 Å². The normalized spacial score (nSPS) is 10.4. The number of hydrogen-bond donors (Lipinski definition) is 1. The van der Waals surface area contributed by atoms with Gasteiger partial charge in [-0.05, 0) is 17.7 Å². The lowest BCUT2D eigenvalue weighted by Gasteiger charge is -2.13. The average Bonchev–Trinajstić information content (AvgIpc) is 2.27. The maximum absolute atomic E-state index is 11.1. The van der Waals surface area contributed by atoms with Gasteiger partial charge in [-0.3, -0.25) is 0 Å². The molecule has 1 N–H and O–H groups in total. The van der Waals surface area contributed by atoms with Gasteiger partial charge in [0.15, 0.2) is 11.5 Å². The zero-order chi connectivity index (χ0) is 13.0. The Balaban J connectivity index is 3.29.